The lowest BCUT2D eigenvalue weighted by Crippen LogP contribution is -2.16. The summed E-state index contributed by atoms with van der Waals surface area (Å²) < 4.78 is 1.97. The summed E-state index contributed by atoms with van der Waals surface area (Å²) in [5.41, 5.74) is 6.30. The number of aryl methyl sites for hydroxylation is 1. The Hall–Kier alpha value is -3.66. The van der Waals surface area contributed by atoms with Crippen molar-refractivity contribution in [3.8, 4) is 5.69 Å². The Kier molecular flexibility index (Phi) is 4.45. The van der Waals surface area contributed by atoms with Gasteiger partial charge in [-0.05, 0) is 30.2 Å². The first-order valence-corrected chi connectivity index (χ1v) is 9.89. The highest BCUT2D eigenvalue weighted by Gasteiger charge is 2.26. The summed E-state index contributed by atoms with van der Waals surface area (Å²) in [6, 6.07) is 31.3. The van der Waals surface area contributed by atoms with Gasteiger partial charge in [-0.2, -0.15) is 5.10 Å². The Morgan fingerprint density at radius 2 is 1.45 bits per heavy atom. The number of rotatable bonds is 3. The molecule has 142 valence electrons. The van der Waals surface area contributed by atoms with E-state index < -0.39 is 0 Å². The van der Waals surface area contributed by atoms with Crippen LogP contribution in [0, 0.1) is 6.92 Å². The molecule has 0 bridgehead atoms. The van der Waals surface area contributed by atoms with Crippen LogP contribution in [0.15, 0.2) is 96.0 Å². The third-order valence-corrected chi connectivity index (χ3v) is 5.29. The van der Waals surface area contributed by atoms with Crippen LogP contribution in [0.2, 0.25) is 0 Å². The zero-order valence-corrected chi connectivity index (χ0v) is 16.3. The lowest BCUT2D eigenvalue weighted by molar-refractivity contribution is 0.789. The maximum absolute atomic E-state index is 5.10. The first-order chi connectivity index (χ1) is 14.3. The smallest absolute Gasteiger partial charge is 0.156 e. The molecule has 0 fully saturated rings. The van der Waals surface area contributed by atoms with Gasteiger partial charge in [0.05, 0.1) is 23.1 Å². The minimum Gasteiger partial charge on any atom is -0.361 e. The van der Waals surface area contributed by atoms with Crippen LogP contribution in [0.25, 0.3) is 5.69 Å². The highest BCUT2D eigenvalue weighted by Crippen LogP contribution is 2.39. The molecule has 3 aromatic carbocycles. The molecule has 1 N–H and O–H groups in total. The van der Waals surface area contributed by atoms with Gasteiger partial charge >= 0.3 is 0 Å². The fraction of sp³-hybridized carbons (Fsp3) is 0.120. The normalized spacial score (nSPS) is 15.8. The number of nitrogens with one attached hydrogen (secondary N) is 1. The van der Waals surface area contributed by atoms with Crippen LogP contribution in [0.5, 0.6) is 0 Å². The summed E-state index contributed by atoms with van der Waals surface area (Å²) in [4.78, 5) is 5.10. The molecule has 0 saturated carbocycles. The molecular formula is C25H22N4. The van der Waals surface area contributed by atoms with Gasteiger partial charge in [0.15, 0.2) is 5.82 Å². The number of hydrogen-bond donors (Lipinski definition) is 1. The number of fused-ring (bicyclic) bond motifs is 1. The highest BCUT2D eigenvalue weighted by atomic mass is 15.4. The van der Waals surface area contributed by atoms with Crippen molar-refractivity contribution in [2.45, 2.75) is 19.4 Å². The van der Waals surface area contributed by atoms with E-state index in [0.717, 1.165) is 40.6 Å². The minimum absolute atomic E-state index is 0.106. The number of nitrogens with zero attached hydrogens (tertiary/aromatic N) is 3. The summed E-state index contributed by atoms with van der Waals surface area (Å²) in [6.07, 6.45) is 0.803. The number of aliphatic imine (C=N–C) groups is 1. The molecule has 29 heavy (non-hydrogen) atoms. The monoisotopic (exact) mass is 378 g/mol. The molecule has 1 aliphatic rings. The van der Waals surface area contributed by atoms with Crippen LogP contribution in [0.1, 0.15) is 29.3 Å². The van der Waals surface area contributed by atoms with E-state index in [1.807, 2.05) is 35.9 Å². The number of anilines is 1. The van der Waals surface area contributed by atoms with E-state index in [9.17, 15) is 0 Å². The second-order valence-electron chi connectivity index (χ2n) is 7.27. The van der Waals surface area contributed by atoms with Gasteiger partial charge in [0.25, 0.3) is 0 Å². The maximum Gasteiger partial charge on any atom is 0.156 e. The lowest BCUT2D eigenvalue weighted by Gasteiger charge is -2.20. The molecule has 1 atom stereocenters. The Morgan fingerprint density at radius 1 is 0.828 bits per heavy atom. The van der Waals surface area contributed by atoms with Crippen molar-refractivity contribution in [3.05, 3.63) is 108 Å². The van der Waals surface area contributed by atoms with Crippen molar-refractivity contribution in [2.75, 3.05) is 5.32 Å². The molecule has 0 aliphatic carbocycles. The summed E-state index contributed by atoms with van der Waals surface area (Å²) in [5, 5.41) is 8.56. The van der Waals surface area contributed by atoms with Gasteiger partial charge in [-0.25, -0.2) is 9.67 Å². The molecular weight excluding hydrogens is 356 g/mol. The van der Waals surface area contributed by atoms with Gasteiger partial charge in [-0.3, -0.25) is 0 Å². The maximum atomic E-state index is 5.10. The molecule has 0 unspecified atom stereocenters. The zero-order valence-electron chi connectivity index (χ0n) is 16.3. The lowest BCUT2D eigenvalue weighted by atomic mass is 9.97. The zero-order chi connectivity index (χ0) is 19.6. The number of hydrogen-bond acceptors (Lipinski definition) is 3. The second kappa shape index (κ2) is 7.40. The van der Waals surface area contributed by atoms with E-state index in [1.165, 1.54) is 5.56 Å². The standard InChI is InChI=1S/C25H22N4/c1-18-24-25(29(28-18)21-15-9-4-10-16-21)27-23(20-13-7-3-8-14-20)17-22(26-24)19-11-5-2-6-12-19/h2-16,23,27H,17H2,1H3/t23-/m0/s1. The molecule has 2 heterocycles. The van der Waals surface area contributed by atoms with E-state index in [4.69, 9.17) is 10.1 Å². The first kappa shape index (κ1) is 17.4. The predicted molar refractivity (Wildman–Crippen MR) is 118 cm³/mol. The summed E-state index contributed by atoms with van der Waals surface area (Å²) >= 11 is 0. The molecule has 4 nitrogen and oxygen atoms in total. The Morgan fingerprint density at radius 3 is 2.14 bits per heavy atom. The van der Waals surface area contributed by atoms with Gasteiger partial charge in [0.2, 0.25) is 0 Å². The Labute approximate surface area is 170 Å². The summed E-state index contributed by atoms with van der Waals surface area (Å²) in [7, 11) is 0. The predicted octanol–water partition coefficient (Wildman–Crippen LogP) is 5.86. The molecule has 1 aliphatic heterocycles. The van der Waals surface area contributed by atoms with Crippen LogP contribution < -0.4 is 5.32 Å². The van der Waals surface area contributed by atoms with Crippen molar-refractivity contribution in [1.29, 1.82) is 0 Å². The fourth-order valence-corrected chi connectivity index (χ4v) is 3.83. The molecule has 0 spiro atoms. The third-order valence-electron chi connectivity index (χ3n) is 5.29. The molecule has 5 rings (SSSR count). The number of para-hydroxylation sites is 1. The summed E-state index contributed by atoms with van der Waals surface area (Å²) in [6.45, 7) is 2.02. The fourth-order valence-electron chi connectivity index (χ4n) is 3.83. The van der Waals surface area contributed by atoms with E-state index in [1.54, 1.807) is 0 Å². The van der Waals surface area contributed by atoms with E-state index in [2.05, 4.69) is 72.0 Å². The van der Waals surface area contributed by atoms with Crippen LogP contribution in [0.3, 0.4) is 0 Å². The van der Waals surface area contributed by atoms with Gasteiger partial charge in [-0.15, -0.1) is 0 Å². The van der Waals surface area contributed by atoms with Crippen molar-refractivity contribution in [3.63, 3.8) is 0 Å². The van der Waals surface area contributed by atoms with Gasteiger partial charge in [0, 0.05) is 6.42 Å². The summed E-state index contributed by atoms with van der Waals surface area (Å²) in [5.74, 6) is 0.938. The van der Waals surface area contributed by atoms with Gasteiger partial charge in [-0.1, -0.05) is 78.9 Å². The SMILES string of the molecule is Cc1nn(-c2ccccc2)c2c1N=C(c1ccccc1)C[C@@H](c1ccccc1)N2. The van der Waals surface area contributed by atoms with E-state index in [0.29, 0.717) is 0 Å². The van der Waals surface area contributed by atoms with Crippen LogP contribution in [-0.2, 0) is 0 Å². The van der Waals surface area contributed by atoms with Gasteiger partial charge < -0.3 is 5.32 Å². The Bertz CT molecular complexity index is 1150. The quantitative estimate of drug-likeness (QED) is 0.485. The number of benzene rings is 3. The molecule has 1 aromatic heterocycles. The average Bonchev–Trinajstić information content (AvgIpc) is 2.97. The Balaban J connectivity index is 1.69. The molecule has 4 aromatic rings. The van der Waals surface area contributed by atoms with Crippen molar-refractivity contribution in [2.24, 2.45) is 4.99 Å². The topological polar surface area (TPSA) is 42.2 Å². The minimum atomic E-state index is 0.106. The molecule has 0 radical (unpaired) electrons. The highest BCUT2D eigenvalue weighted by molar-refractivity contribution is 6.04. The van der Waals surface area contributed by atoms with Crippen molar-refractivity contribution < 1.29 is 0 Å². The van der Waals surface area contributed by atoms with Crippen molar-refractivity contribution >= 4 is 17.2 Å². The first-order valence-electron chi connectivity index (χ1n) is 9.89. The van der Waals surface area contributed by atoms with Gasteiger partial charge in [0.1, 0.15) is 5.69 Å². The van der Waals surface area contributed by atoms with Crippen molar-refractivity contribution in [1.82, 2.24) is 9.78 Å². The number of aromatic nitrogens is 2. The molecule has 4 heteroatoms. The van der Waals surface area contributed by atoms with E-state index in [-0.39, 0.29) is 6.04 Å². The average molecular weight is 378 g/mol. The molecule has 0 saturated heterocycles. The van der Waals surface area contributed by atoms with Crippen LogP contribution >= 0.6 is 0 Å². The second-order valence-corrected chi connectivity index (χ2v) is 7.27. The largest absolute Gasteiger partial charge is 0.361 e. The van der Waals surface area contributed by atoms with E-state index >= 15 is 0 Å². The van der Waals surface area contributed by atoms with Crippen LogP contribution in [0.4, 0.5) is 11.5 Å². The van der Waals surface area contributed by atoms with Crippen LogP contribution in [-0.4, -0.2) is 15.5 Å². The molecule has 0 amide bonds. The third kappa shape index (κ3) is 3.34.